The molecule has 0 aromatic carbocycles. The Morgan fingerprint density at radius 2 is 2.13 bits per heavy atom. The molecule has 0 spiro atoms. The zero-order chi connectivity index (χ0) is 11.0. The predicted octanol–water partition coefficient (Wildman–Crippen LogP) is 1.27. The van der Waals surface area contributed by atoms with Crippen LogP contribution in [0, 0.1) is 0 Å². The van der Waals surface area contributed by atoms with Gasteiger partial charge in [-0.15, -0.1) is 0 Å². The van der Waals surface area contributed by atoms with Crippen molar-refractivity contribution in [1.29, 1.82) is 0 Å². The van der Waals surface area contributed by atoms with E-state index >= 15 is 0 Å². The molecule has 0 atom stereocenters. The van der Waals surface area contributed by atoms with Crippen molar-refractivity contribution < 1.29 is 8.78 Å². The third-order valence-electron chi connectivity index (χ3n) is 2.09. The second-order valence-corrected chi connectivity index (χ2v) is 3.04. The minimum Gasteiger partial charge on any atom is -0.293 e. The topological polar surface area (TPSA) is 47.8 Å². The van der Waals surface area contributed by atoms with Crippen LogP contribution in [0.25, 0.3) is 11.0 Å². The van der Waals surface area contributed by atoms with E-state index in [-0.39, 0.29) is 11.2 Å². The van der Waals surface area contributed by atoms with Gasteiger partial charge in [0.25, 0.3) is 6.43 Å². The van der Waals surface area contributed by atoms with E-state index in [4.69, 9.17) is 0 Å². The number of nitrogens with zero attached hydrogens (tertiary/aromatic N) is 3. The van der Waals surface area contributed by atoms with Crippen molar-refractivity contribution >= 4 is 11.0 Å². The van der Waals surface area contributed by atoms with E-state index in [1.165, 1.54) is 29.9 Å². The zero-order valence-electron chi connectivity index (χ0n) is 7.82. The lowest BCUT2D eigenvalue weighted by atomic mass is 10.3. The Morgan fingerprint density at radius 1 is 1.40 bits per heavy atom. The molecule has 0 unspecified atom stereocenters. The van der Waals surface area contributed by atoms with E-state index in [2.05, 4.69) is 9.97 Å². The molecule has 2 heterocycles. The van der Waals surface area contributed by atoms with E-state index in [0.29, 0.717) is 5.52 Å². The molecule has 2 aromatic heterocycles. The molecule has 0 saturated carbocycles. The summed E-state index contributed by atoms with van der Waals surface area (Å²) in [5, 5.41) is 0. The van der Waals surface area contributed by atoms with Gasteiger partial charge in [-0.2, -0.15) is 4.98 Å². The lowest BCUT2D eigenvalue weighted by molar-refractivity contribution is 0.146. The van der Waals surface area contributed by atoms with Crippen LogP contribution < -0.4 is 5.69 Å². The minimum absolute atomic E-state index is 0.287. The number of hydrogen-bond acceptors (Lipinski definition) is 3. The van der Waals surface area contributed by atoms with E-state index in [0.717, 1.165) is 0 Å². The molecule has 0 fully saturated rings. The first-order valence-corrected chi connectivity index (χ1v) is 4.20. The highest BCUT2D eigenvalue weighted by atomic mass is 19.3. The van der Waals surface area contributed by atoms with Gasteiger partial charge in [0.05, 0.1) is 11.7 Å². The van der Waals surface area contributed by atoms with Crippen molar-refractivity contribution in [1.82, 2.24) is 14.5 Å². The van der Waals surface area contributed by atoms with Gasteiger partial charge in [-0.05, 0) is 12.1 Å². The van der Waals surface area contributed by atoms with Gasteiger partial charge in [0.15, 0.2) is 0 Å². The largest absolute Gasteiger partial charge is 0.347 e. The third kappa shape index (κ3) is 1.58. The second-order valence-electron chi connectivity index (χ2n) is 3.04. The summed E-state index contributed by atoms with van der Waals surface area (Å²) in [7, 11) is 1.52. The summed E-state index contributed by atoms with van der Waals surface area (Å²) >= 11 is 0. The molecule has 4 nitrogen and oxygen atoms in total. The molecule has 0 aliphatic carbocycles. The van der Waals surface area contributed by atoms with Gasteiger partial charge in [-0.3, -0.25) is 4.57 Å². The molecular formula is C9H7F2N3O. The summed E-state index contributed by atoms with van der Waals surface area (Å²) in [6.07, 6.45) is -1.42. The van der Waals surface area contributed by atoms with Gasteiger partial charge in [-0.25, -0.2) is 18.6 Å². The van der Waals surface area contributed by atoms with Crippen molar-refractivity contribution in [2.75, 3.05) is 0 Å². The monoisotopic (exact) mass is 211 g/mol. The van der Waals surface area contributed by atoms with E-state index in [1.807, 2.05) is 0 Å². The Labute approximate surface area is 83.2 Å². The Hall–Kier alpha value is -1.85. The summed E-state index contributed by atoms with van der Waals surface area (Å²) < 4.78 is 25.9. The molecule has 6 heteroatoms. The number of aryl methyl sites for hydroxylation is 1. The normalized spacial score (nSPS) is 11.2. The van der Waals surface area contributed by atoms with Crippen LogP contribution >= 0.6 is 0 Å². The maximum Gasteiger partial charge on any atom is 0.347 e. The lowest BCUT2D eigenvalue weighted by Gasteiger charge is -2.04. The molecule has 0 aliphatic heterocycles. The fourth-order valence-electron chi connectivity index (χ4n) is 1.29. The molecule has 0 amide bonds. The van der Waals surface area contributed by atoms with Crippen LogP contribution in [-0.2, 0) is 7.05 Å². The molecule has 0 saturated heterocycles. The van der Waals surface area contributed by atoms with E-state index < -0.39 is 12.1 Å². The minimum atomic E-state index is -2.62. The van der Waals surface area contributed by atoms with Crippen LogP contribution in [0.2, 0.25) is 0 Å². The molecule has 0 aliphatic rings. The number of hydrogen-bond donors (Lipinski definition) is 0. The highest BCUT2D eigenvalue weighted by molar-refractivity contribution is 5.73. The maximum absolute atomic E-state index is 12.3. The zero-order valence-corrected chi connectivity index (χ0v) is 7.82. The molecule has 15 heavy (non-hydrogen) atoms. The van der Waals surface area contributed by atoms with Crippen LogP contribution in [0.3, 0.4) is 0 Å². The molecular weight excluding hydrogens is 204 g/mol. The molecule has 0 bridgehead atoms. The van der Waals surface area contributed by atoms with Gasteiger partial charge >= 0.3 is 5.69 Å². The SMILES string of the molecule is Cn1c(=O)ncc2nc(C(F)F)ccc21. The van der Waals surface area contributed by atoms with Crippen LogP contribution in [0.15, 0.2) is 23.1 Å². The van der Waals surface area contributed by atoms with Crippen LogP contribution in [0.4, 0.5) is 8.78 Å². The summed E-state index contributed by atoms with van der Waals surface area (Å²) in [5.41, 5.74) is 0.0198. The van der Waals surface area contributed by atoms with Gasteiger partial charge < -0.3 is 0 Å². The van der Waals surface area contributed by atoms with E-state index in [9.17, 15) is 13.6 Å². The number of rotatable bonds is 1. The fraction of sp³-hybridized carbons (Fsp3) is 0.222. The summed E-state index contributed by atoms with van der Waals surface area (Å²) in [4.78, 5) is 18.3. The fourth-order valence-corrected chi connectivity index (χ4v) is 1.29. The number of aromatic nitrogens is 3. The van der Waals surface area contributed by atoms with Crippen molar-refractivity contribution in [2.24, 2.45) is 7.05 Å². The number of halogens is 2. The number of pyridine rings is 1. The summed E-state index contributed by atoms with van der Waals surface area (Å²) in [5.74, 6) is 0. The lowest BCUT2D eigenvalue weighted by Crippen LogP contribution is -2.19. The van der Waals surface area contributed by atoms with Crippen molar-refractivity contribution in [3.63, 3.8) is 0 Å². The maximum atomic E-state index is 12.3. The Balaban J connectivity index is 2.75. The van der Waals surface area contributed by atoms with Crippen molar-refractivity contribution in [3.05, 3.63) is 34.5 Å². The first kappa shape index (κ1) is 9.70. The molecule has 78 valence electrons. The highest BCUT2D eigenvalue weighted by Crippen LogP contribution is 2.18. The predicted molar refractivity (Wildman–Crippen MR) is 49.7 cm³/mol. The van der Waals surface area contributed by atoms with Gasteiger partial charge in [0.1, 0.15) is 11.2 Å². The molecule has 0 radical (unpaired) electrons. The number of fused-ring (bicyclic) bond motifs is 1. The molecule has 0 N–H and O–H groups in total. The first-order chi connectivity index (χ1) is 7.09. The van der Waals surface area contributed by atoms with Crippen LogP contribution in [0.1, 0.15) is 12.1 Å². The van der Waals surface area contributed by atoms with Crippen molar-refractivity contribution in [3.8, 4) is 0 Å². The van der Waals surface area contributed by atoms with Gasteiger partial charge in [0, 0.05) is 7.05 Å². The quantitative estimate of drug-likeness (QED) is 0.713. The van der Waals surface area contributed by atoms with Gasteiger partial charge in [-0.1, -0.05) is 0 Å². The number of alkyl halides is 2. The average Bonchev–Trinajstić information content (AvgIpc) is 2.23. The van der Waals surface area contributed by atoms with Gasteiger partial charge in [0.2, 0.25) is 0 Å². The Morgan fingerprint density at radius 3 is 2.80 bits per heavy atom. The molecule has 2 rings (SSSR count). The van der Waals surface area contributed by atoms with E-state index in [1.54, 1.807) is 0 Å². The Kier molecular flexibility index (Phi) is 2.18. The van der Waals surface area contributed by atoms with Crippen LogP contribution in [0.5, 0.6) is 0 Å². The van der Waals surface area contributed by atoms with Crippen molar-refractivity contribution in [2.45, 2.75) is 6.43 Å². The highest BCUT2D eigenvalue weighted by Gasteiger charge is 2.10. The smallest absolute Gasteiger partial charge is 0.293 e. The molecule has 2 aromatic rings. The average molecular weight is 211 g/mol. The van der Waals surface area contributed by atoms with Crippen LogP contribution in [-0.4, -0.2) is 14.5 Å². The first-order valence-electron chi connectivity index (χ1n) is 4.20. The third-order valence-corrected chi connectivity index (χ3v) is 2.09. The second kappa shape index (κ2) is 3.38. The Bertz CT molecular complexity index is 565. The standard InChI is InChI=1S/C9H7F2N3O/c1-14-7-3-2-5(8(10)11)13-6(7)4-12-9(14)15/h2-4,8H,1H3. The summed E-state index contributed by atoms with van der Waals surface area (Å²) in [6, 6.07) is 2.64. The summed E-state index contributed by atoms with van der Waals surface area (Å²) in [6.45, 7) is 0.